The number of ketones is 1. The predicted octanol–water partition coefficient (Wildman–Crippen LogP) is 3.64. The number of carbonyl (C=O) groups excluding carboxylic acids is 2. The van der Waals surface area contributed by atoms with Crippen molar-refractivity contribution in [3.05, 3.63) is 65.2 Å². The molecule has 4 N–H and O–H groups in total. The maximum Gasteiger partial charge on any atom is 0.407 e. The molecule has 0 bridgehead atoms. The van der Waals surface area contributed by atoms with Crippen LogP contribution < -0.4 is 11.1 Å². The van der Waals surface area contributed by atoms with Gasteiger partial charge in [0.1, 0.15) is 6.61 Å². The van der Waals surface area contributed by atoms with Gasteiger partial charge in [-0.3, -0.25) is 4.79 Å². The molecule has 7 heteroatoms. The first-order chi connectivity index (χ1) is 13.5. The molecule has 1 amide bonds. The van der Waals surface area contributed by atoms with E-state index >= 15 is 0 Å². The van der Waals surface area contributed by atoms with Gasteiger partial charge in [0.05, 0.1) is 5.56 Å². The number of hydrogen-bond acceptors (Lipinski definition) is 5. The van der Waals surface area contributed by atoms with Crippen molar-refractivity contribution in [3.8, 4) is 0 Å². The molecule has 2 aromatic rings. The Morgan fingerprint density at radius 2 is 1.75 bits per heavy atom. The molecule has 0 aliphatic carbocycles. The minimum absolute atomic E-state index is 0.0122. The number of hydrogen-bond donors (Lipinski definition) is 3. The van der Waals surface area contributed by atoms with Gasteiger partial charge < -0.3 is 20.9 Å². The zero-order chi connectivity index (χ0) is 20.4. The average Bonchev–Trinajstić information content (AvgIpc) is 2.69. The molecule has 0 spiro atoms. The molecule has 0 aliphatic heterocycles. The Hall–Kier alpha value is -3.35. The molecule has 0 saturated carbocycles. The third-order valence-electron chi connectivity index (χ3n) is 4.17. The van der Waals surface area contributed by atoms with Crippen LogP contribution in [0, 0.1) is 0 Å². The number of aromatic carboxylic acids is 1. The highest BCUT2D eigenvalue weighted by molar-refractivity contribution is 6.00. The normalized spacial score (nSPS) is 10.3. The predicted molar refractivity (Wildman–Crippen MR) is 105 cm³/mol. The number of ether oxygens (including phenoxy) is 1. The Kier molecular flexibility index (Phi) is 8.02. The van der Waals surface area contributed by atoms with E-state index in [1.807, 2.05) is 30.3 Å². The summed E-state index contributed by atoms with van der Waals surface area (Å²) in [6, 6.07) is 13.6. The third kappa shape index (κ3) is 6.75. The van der Waals surface area contributed by atoms with Crippen LogP contribution in [-0.4, -0.2) is 29.5 Å². The molecule has 0 aliphatic rings. The van der Waals surface area contributed by atoms with Crippen LogP contribution in [0.25, 0.3) is 0 Å². The number of unbranched alkanes of at least 4 members (excludes halogenated alkanes) is 2. The van der Waals surface area contributed by atoms with Crippen molar-refractivity contribution in [2.45, 2.75) is 32.3 Å². The van der Waals surface area contributed by atoms with Crippen molar-refractivity contribution >= 4 is 23.5 Å². The maximum atomic E-state index is 12.1. The first-order valence-corrected chi connectivity index (χ1v) is 9.08. The van der Waals surface area contributed by atoms with Crippen molar-refractivity contribution < 1.29 is 24.2 Å². The Morgan fingerprint density at radius 3 is 2.43 bits per heavy atom. The molecule has 0 radical (unpaired) electrons. The fourth-order valence-electron chi connectivity index (χ4n) is 2.63. The van der Waals surface area contributed by atoms with Gasteiger partial charge in [0.25, 0.3) is 0 Å². The highest BCUT2D eigenvalue weighted by Crippen LogP contribution is 2.16. The van der Waals surface area contributed by atoms with E-state index in [9.17, 15) is 14.4 Å². The van der Waals surface area contributed by atoms with E-state index in [-0.39, 0.29) is 23.6 Å². The van der Waals surface area contributed by atoms with Crippen LogP contribution in [0.2, 0.25) is 0 Å². The zero-order valence-electron chi connectivity index (χ0n) is 15.5. The lowest BCUT2D eigenvalue weighted by atomic mass is 10.0. The lowest BCUT2D eigenvalue weighted by Gasteiger charge is -2.07. The Morgan fingerprint density at radius 1 is 1.00 bits per heavy atom. The van der Waals surface area contributed by atoms with Gasteiger partial charge in [-0.1, -0.05) is 42.8 Å². The fourth-order valence-corrected chi connectivity index (χ4v) is 2.63. The third-order valence-corrected chi connectivity index (χ3v) is 4.17. The molecular weight excluding hydrogens is 360 g/mol. The van der Waals surface area contributed by atoms with Gasteiger partial charge in [-0.05, 0) is 30.5 Å². The van der Waals surface area contributed by atoms with E-state index in [1.54, 1.807) is 0 Å². The average molecular weight is 384 g/mol. The molecule has 0 saturated heterocycles. The molecule has 2 rings (SSSR count). The second-order valence-corrected chi connectivity index (χ2v) is 6.33. The lowest BCUT2D eigenvalue weighted by molar-refractivity contribution is 0.0697. The van der Waals surface area contributed by atoms with Crippen molar-refractivity contribution in [2.24, 2.45) is 0 Å². The minimum Gasteiger partial charge on any atom is -0.478 e. The highest BCUT2D eigenvalue weighted by atomic mass is 16.5. The molecule has 0 aromatic heterocycles. The van der Waals surface area contributed by atoms with E-state index in [0.29, 0.717) is 24.9 Å². The van der Waals surface area contributed by atoms with Crippen LogP contribution >= 0.6 is 0 Å². The number of carboxylic acids is 1. The van der Waals surface area contributed by atoms with Crippen LogP contribution in [-0.2, 0) is 11.3 Å². The van der Waals surface area contributed by atoms with Gasteiger partial charge in [0.2, 0.25) is 0 Å². The molecule has 0 unspecified atom stereocenters. The first kappa shape index (κ1) is 21.0. The standard InChI is InChI=1S/C21H24N2O5/c22-18-13-16(10-11-17(18)20(25)26)19(24)9-5-2-6-12-23-21(27)28-14-15-7-3-1-4-8-15/h1,3-4,7-8,10-11,13H,2,5-6,9,12,14,22H2,(H,23,27)(H,25,26). The van der Waals surface area contributed by atoms with Crippen molar-refractivity contribution in [1.29, 1.82) is 0 Å². The van der Waals surface area contributed by atoms with Crippen LogP contribution in [0.15, 0.2) is 48.5 Å². The lowest BCUT2D eigenvalue weighted by Crippen LogP contribution is -2.25. The quantitative estimate of drug-likeness (QED) is 0.327. The molecule has 7 nitrogen and oxygen atoms in total. The van der Waals surface area contributed by atoms with E-state index in [2.05, 4.69) is 5.32 Å². The summed E-state index contributed by atoms with van der Waals surface area (Å²) in [6.45, 7) is 0.701. The Balaban J connectivity index is 1.59. The van der Waals surface area contributed by atoms with Crippen molar-refractivity contribution in [1.82, 2.24) is 5.32 Å². The van der Waals surface area contributed by atoms with Gasteiger partial charge >= 0.3 is 12.1 Å². The van der Waals surface area contributed by atoms with Crippen LogP contribution in [0.5, 0.6) is 0 Å². The second kappa shape index (κ2) is 10.7. The maximum absolute atomic E-state index is 12.1. The summed E-state index contributed by atoms with van der Waals surface area (Å²) in [4.78, 5) is 34.7. The number of rotatable bonds is 10. The summed E-state index contributed by atoms with van der Waals surface area (Å²) in [7, 11) is 0. The van der Waals surface area contributed by atoms with Crippen LogP contribution in [0.1, 0.15) is 52.0 Å². The molecule has 28 heavy (non-hydrogen) atoms. The number of benzene rings is 2. The molecule has 0 fully saturated rings. The van der Waals surface area contributed by atoms with Gasteiger partial charge in [0.15, 0.2) is 5.78 Å². The summed E-state index contributed by atoms with van der Waals surface area (Å²) in [5.74, 6) is -1.20. The number of nitrogens with one attached hydrogen (secondary N) is 1. The van der Waals surface area contributed by atoms with Crippen molar-refractivity contribution in [3.63, 3.8) is 0 Å². The van der Waals surface area contributed by atoms with E-state index < -0.39 is 12.1 Å². The molecular formula is C21H24N2O5. The number of nitrogens with two attached hydrogens (primary N) is 1. The Bertz CT molecular complexity index is 821. The molecule has 148 valence electrons. The first-order valence-electron chi connectivity index (χ1n) is 9.08. The number of carbonyl (C=O) groups is 3. The number of Topliss-reactive ketones (excluding diaryl/α,β-unsaturated/α-hetero) is 1. The largest absolute Gasteiger partial charge is 0.478 e. The van der Waals surface area contributed by atoms with E-state index in [1.165, 1.54) is 18.2 Å². The minimum atomic E-state index is -1.12. The molecule has 0 atom stereocenters. The summed E-state index contributed by atoms with van der Waals surface area (Å²) in [6.07, 6.45) is 2.04. The van der Waals surface area contributed by atoms with Gasteiger partial charge in [-0.25, -0.2) is 9.59 Å². The topological polar surface area (TPSA) is 119 Å². The summed E-state index contributed by atoms with van der Waals surface area (Å²) < 4.78 is 5.11. The summed E-state index contributed by atoms with van der Waals surface area (Å²) >= 11 is 0. The monoisotopic (exact) mass is 384 g/mol. The number of carboxylic acid groups (broad SMARTS) is 1. The summed E-state index contributed by atoms with van der Waals surface area (Å²) in [5, 5.41) is 11.6. The number of nitrogen functional groups attached to an aromatic ring is 1. The summed E-state index contributed by atoms with van der Waals surface area (Å²) in [5.41, 5.74) is 7.06. The second-order valence-electron chi connectivity index (χ2n) is 6.33. The van der Waals surface area contributed by atoms with Gasteiger partial charge in [-0.2, -0.15) is 0 Å². The smallest absolute Gasteiger partial charge is 0.407 e. The van der Waals surface area contributed by atoms with Gasteiger partial charge in [-0.15, -0.1) is 0 Å². The fraction of sp³-hybridized carbons (Fsp3) is 0.286. The SMILES string of the molecule is Nc1cc(C(=O)CCCCCNC(=O)OCc2ccccc2)ccc1C(=O)O. The Labute approximate surface area is 163 Å². The number of alkyl carbamates (subject to hydrolysis) is 1. The van der Waals surface area contributed by atoms with E-state index in [0.717, 1.165) is 18.4 Å². The zero-order valence-corrected chi connectivity index (χ0v) is 15.5. The highest BCUT2D eigenvalue weighted by Gasteiger charge is 2.12. The number of anilines is 1. The van der Waals surface area contributed by atoms with Crippen molar-refractivity contribution in [2.75, 3.05) is 12.3 Å². The van der Waals surface area contributed by atoms with E-state index in [4.69, 9.17) is 15.6 Å². The molecule has 0 heterocycles. The van der Waals surface area contributed by atoms with Crippen LogP contribution in [0.4, 0.5) is 10.5 Å². The molecule has 2 aromatic carbocycles. The number of amides is 1. The van der Waals surface area contributed by atoms with Crippen LogP contribution in [0.3, 0.4) is 0 Å². The van der Waals surface area contributed by atoms with Gasteiger partial charge in [0, 0.05) is 24.2 Å².